The Labute approximate surface area is 467 Å². The first-order valence-corrected chi connectivity index (χ1v) is 27.8. The van der Waals surface area contributed by atoms with Crippen LogP contribution in [0.2, 0.25) is 0 Å². The molecule has 1 aromatic carbocycles. The fourth-order valence-electron chi connectivity index (χ4n) is 7.67. The number of benzene rings is 1. The van der Waals surface area contributed by atoms with Crippen LogP contribution >= 0.6 is 0 Å². The molecule has 0 unspecified atom stereocenters. The Morgan fingerprint density at radius 2 is 1.18 bits per heavy atom. The van der Waals surface area contributed by atoms with Gasteiger partial charge in [-0.15, -0.1) is 0 Å². The summed E-state index contributed by atoms with van der Waals surface area (Å²) in [6.07, 6.45) is 10.4. The number of carbonyl (C=O) groups excluding carboxylic acids is 3. The SMILES string of the molecule is CCCN(CCCNC(=O)OC1CCC1)C(=O)C1=Cc2c(cnn2CCCCCN(C)CCOCCOCCOCCOCCOCCOCCOCCOCCOCCOCCC(=O)Oc2c(F)c(F)cc(F)c2F)N=C(N)C1. The Morgan fingerprint density at radius 1 is 0.662 bits per heavy atom. The third kappa shape index (κ3) is 28.7. The van der Waals surface area contributed by atoms with Gasteiger partial charge in [-0.1, -0.05) is 13.3 Å². The minimum absolute atomic E-state index is 0.0173. The third-order valence-electron chi connectivity index (χ3n) is 12.2. The molecule has 2 aromatic rings. The number of hydrogen-bond donors (Lipinski definition) is 2. The van der Waals surface area contributed by atoms with Gasteiger partial charge in [-0.05, 0) is 64.6 Å². The molecule has 22 nitrogen and oxygen atoms in total. The van der Waals surface area contributed by atoms with Crippen LogP contribution in [0.3, 0.4) is 0 Å². The maximum Gasteiger partial charge on any atom is 0.407 e. The van der Waals surface area contributed by atoms with Crippen molar-refractivity contribution in [2.45, 2.75) is 83.8 Å². The fraction of sp³-hybridized carbons (Fsp3) is 0.722. The van der Waals surface area contributed by atoms with Gasteiger partial charge in [-0.2, -0.15) is 13.9 Å². The third-order valence-corrected chi connectivity index (χ3v) is 12.2. The molecular weight excluding hydrogens is 1060 g/mol. The number of nitrogens with zero attached hydrogens (tertiary/aromatic N) is 5. The van der Waals surface area contributed by atoms with Gasteiger partial charge in [0.05, 0.1) is 150 Å². The number of aliphatic imine (C=N–C) groups is 1. The lowest BCUT2D eigenvalue weighted by Gasteiger charge is -2.25. The number of fused-ring (bicyclic) bond motifs is 1. The summed E-state index contributed by atoms with van der Waals surface area (Å²) >= 11 is 0. The number of hydrogen-bond acceptors (Lipinski definition) is 19. The number of alkyl carbamates (subject to hydrolysis) is 1. The summed E-state index contributed by atoms with van der Waals surface area (Å²) < 4.78 is 120. The van der Waals surface area contributed by atoms with Crippen LogP contribution in [0, 0.1) is 23.3 Å². The number of aryl methyl sites for hydroxylation is 1. The van der Waals surface area contributed by atoms with Crippen molar-refractivity contribution in [1.29, 1.82) is 0 Å². The Morgan fingerprint density at radius 3 is 1.68 bits per heavy atom. The second-order valence-corrected chi connectivity index (χ2v) is 18.6. The zero-order valence-electron chi connectivity index (χ0n) is 46.7. The molecule has 1 aromatic heterocycles. The molecule has 0 radical (unpaired) electrons. The smallest absolute Gasteiger partial charge is 0.407 e. The molecule has 454 valence electrons. The first-order chi connectivity index (χ1) is 39.0. The molecule has 3 N–H and O–H groups in total. The van der Waals surface area contributed by atoms with E-state index in [-0.39, 0.29) is 44.3 Å². The highest BCUT2D eigenvalue weighted by atomic mass is 19.2. The highest BCUT2D eigenvalue weighted by Gasteiger charge is 2.25. The van der Waals surface area contributed by atoms with Crippen molar-refractivity contribution in [3.05, 3.63) is 46.8 Å². The first-order valence-electron chi connectivity index (χ1n) is 27.8. The molecule has 1 fully saturated rings. The largest absolute Gasteiger partial charge is 0.446 e. The number of rotatable bonds is 48. The molecule has 1 saturated carbocycles. The second kappa shape index (κ2) is 42.0. The summed E-state index contributed by atoms with van der Waals surface area (Å²) in [5, 5.41) is 7.38. The van der Waals surface area contributed by atoms with Gasteiger partial charge in [-0.25, -0.2) is 18.6 Å². The number of esters is 1. The molecule has 26 heteroatoms. The van der Waals surface area contributed by atoms with Crippen LogP contribution in [0.1, 0.15) is 76.8 Å². The van der Waals surface area contributed by atoms with Crippen LogP contribution in [0.4, 0.5) is 28.0 Å². The van der Waals surface area contributed by atoms with Gasteiger partial charge < -0.3 is 77.7 Å². The minimum atomic E-state index is -1.80. The average Bonchev–Trinajstić information content (AvgIpc) is 3.70. The Balaban J connectivity index is 0.845. The maximum atomic E-state index is 13.8. The molecule has 1 aliphatic carbocycles. The van der Waals surface area contributed by atoms with Gasteiger partial charge in [0.1, 0.15) is 17.6 Å². The van der Waals surface area contributed by atoms with Crippen LogP contribution in [0.5, 0.6) is 5.75 Å². The van der Waals surface area contributed by atoms with Crippen LogP contribution < -0.4 is 15.8 Å². The molecule has 1 aliphatic heterocycles. The topological polar surface area (TPSA) is 237 Å². The number of unbranched alkanes of at least 4 members (excludes halogenated alkanes) is 2. The number of amides is 2. The van der Waals surface area contributed by atoms with Crippen LogP contribution in [-0.2, 0) is 68.2 Å². The predicted molar refractivity (Wildman–Crippen MR) is 286 cm³/mol. The van der Waals surface area contributed by atoms with Gasteiger partial charge in [0.25, 0.3) is 0 Å². The summed E-state index contributed by atoms with van der Waals surface area (Å²) in [6.45, 7) is 13.5. The lowest BCUT2D eigenvalue weighted by molar-refractivity contribution is -0.136. The molecule has 80 heavy (non-hydrogen) atoms. The number of carbonyl (C=O) groups is 3. The number of amidine groups is 1. The minimum Gasteiger partial charge on any atom is -0.446 e. The van der Waals surface area contributed by atoms with E-state index in [1.807, 2.05) is 22.6 Å². The second-order valence-electron chi connectivity index (χ2n) is 18.6. The molecule has 2 amide bonds. The normalized spacial score (nSPS) is 13.4. The summed E-state index contributed by atoms with van der Waals surface area (Å²) in [5.41, 5.74) is 8.30. The Kier molecular flexibility index (Phi) is 35.5. The van der Waals surface area contributed by atoms with E-state index in [1.165, 1.54) is 0 Å². The maximum absolute atomic E-state index is 13.8. The van der Waals surface area contributed by atoms with E-state index in [4.69, 9.17) is 57.8 Å². The predicted octanol–water partition coefficient (Wildman–Crippen LogP) is 5.39. The molecule has 0 atom stereocenters. The number of likely N-dealkylation sites (N-methyl/N-ethyl adjacent to an activating group) is 1. The summed E-state index contributed by atoms with van der Waals surface area (Å²) in [6, 6.07) is 0.0173. The van der Waals surface area contributed by atoms with E-state index in [0.717, 1.165) is 63.7 Å². The van der Waals surface area contributed by atoms with E-state index in [1.54, 1.807) is 6.20 Å². The van der Waals surface area contributed by atoms with Crippen molar-refractivity contribution in [2.75, 3.05) is 172 Å². The lowest BCUT2D eigenvalue weighted by Crippen LogP contribution is -2.37. The van der Waals surface area contributed by atoms with Gasteiger partial charge in [0.15, 0.2) is 11.6 Å². The van der Waals surface area contributed by atoms with E-state index in [9.17, 15) is 31.9 Å². The van der Waals surface area contributed by atoms with Gasteiger partial charge in [0.2, 0.25) is 23.3 Å². The fourth-order valence-corrected chi connectivity index (χ4v) is 7.67. The molecule has 0 spiro atoms. The molecule has 0 bridgehead atoms. The molecule has 0 saturated heterocycles. The molecule has 2 heterocycles. The van der Waals surface area contributed by atoms with Crippen LogP contribution in [0.25, 0.3) is 6.08 Å². The Hall–Kier alpha value is -4.87. The first kappa shape index (κ1) is 67.6. The molecule has 2 aliphatic rings. The average molecular weight is 1150 g/mol. The quantitative estimate of drug-likeness (QED) is 0.0278. The zero-order chi connectivity index (χ0) is 57.4. The highest BCUT2D eigenvalue weighted by molar-refractivity contribution is 6.05. The van der Waals surface area contributed by atoms with E-state index in [2.05, 4.69) is 32.1 Å². The van der Waals surface area contributed by atoms with E-state index in [0.29, 0.717) is 162 Å². The molecular formula is C54H85F4N7O15. The van der Waals surface area contributed by atoms with Crippen molar-refractivity contribution < 1.29 is 88.8 Å². The van der Waals surface area contributed by atoms with Gasteiger partial charge >= 0.3 is 12.1 Å². The van der Waals surface area contributed by atoms with E-state index < -0.39 is 47.5 Å². The Bertz CT molecular complexity index is 2100. The van der Waals surface area contributed by atoms with Crippen molar-refractivity contribution in [2.24, 2.45) is 10.7 Å². The summed E-state index contributed by atoms with van der Waals surface area (Å²) in [4.78, 5) is 46.2. The van der Waals surface area contributed by atoms with Gasteiger partial charge in [-0.3, -0.25) is 14.3 Å². The van der Waals surface area contributed by atoms with Crippen molar-refractivity contribution in [3.8, 4) is 5.75 Å². The van der Waals surface area contributed by atoms with Crippen molar-refractivity contribution in [3.63, 3.8) is 0 Å². The number of ether oxygens (including phenoxy) is 12. The summed E-state index contributed by atoms with van der Waals surface area (Å²) in [7, 11) is 2.09. The standard InChI is InChI=1S/C54H85F4N7O15/c1-3-13-64(15-8-12-60-54(68)79-43-9-7-10-43)53(67)42-38-47-46(62-48(59)39-42)41-61-65(47)16-6-4-5-14-63(2)17-19-70-21-23-72-25-27-74-29-31-76-33-35-78-37-36-77-34-32-75-30-28-73-26-24-71-22-20-69-18-11-49(66)80-52-50(57)44(55)40-45(56)51(52)58/h38,40-41,43H,3-37,39H2,1-2H3,(H2,59,62)(H,60,68). The lowest BCUT2D eigenvalue weighted by atomic mass is 9.96. The van der Waals surface area contributed by atoms with E-state index >= 15 is 0 Å². The zero-order valence-corrected chi connectivity index (χ0v) is 46.7. The number of nitrogens with one attached hydrogen (secondary N) is 1. The monoisotopic (exact) mass is 1150 g/mol. The molecule has 4 rings (SSSR count). The number of halogens is 4. The highest BCUT2D eigenvalue weighted by Crippen LogP contribution is 2.29. The van der Waals surface area contributed by atoms with Crippen molar-refractivity contribution >= 4 is 35.6 Å². The number of aromatic nitrogens is 2. The van der Waals surface area contributed by atoms with Crippen LogP contribution in [0.15, 0.2) is 22.8 Å². The number of nitrogens with two attached hydrogens (primary N) is 1. The van der Waals surface area contributed by atoms with Crippen LogP contribution in [-0.4, -0.2) is 221 Å². The van der Waals surface area contributed by atoms with Gasteiger partial charge in [0, 0.05) is 50.8 Å². The summed E-state index contributed by atoms with van der Waals surface area (Å²) in [5.74, 6) is -9.22. The van der Waals surface area contributed by atoms with Crippen molar-refractivity contribution in [1.82, 2.24) is 24.9 Å².